The van der Waals surface area contributed by atoms with Crippen molar-refractivity contribution in [1.29, 1.82) is 0 Å². The summed E-state index contributed by atoms with van der Waals surface area (Å²) in [6.45, 7) is 5.33. The van der Waals surface area contributed by atoms with Crippen LogP contribution in [0.25, 0.3) is 10.8 Å². The molecule has 3 aromatic rings. The number of fused-ring (bicyclic) bond motifs is 1. The highest BCUT2D eigenvalue weighted by Crippen LogP contribution is 2.28. The van der Waals surface area contributed by atoms with E-state index in [9.17, 15) is 4.79 Å². The second-order valence-electron chi connectivity index (χ2n) is 6.19. The molecule has 0 saturated heterocycles. The van der Waals surface area contributed by atoms with Crippen LogP contribution in [0.1, 0.15) is 19.4 Å². The van der Waals surface area contributed by atoms with Gasteiger partial charge in [-0.05, 0) is 43.0 Å². The van der Waals surface area contributed by atoms with Crippen LogP contribution in [0.2, 0.25) is 0 Å². The number of rotatable bonds is 9. The largest absolute Gasteiger partial charge is 0.490 e. The maximum absolute atomic E-state index is 12.2. The van der Waals surface area contributed by atoms with Crippen LogP contribution < -0.4 is 19.5 Å². The zero-order chi connectivity index (χ0) is 19.8. The molecular weight excluding hydrogens is 354 g/mol. The van der Waals surface area contributed by atoms with E-state index < -0.39 is 0 Å². The minimum absolute atomic E-state index is 0.0383. The van der Waals surface area contributed by atoms with E-state index in [-0.39, 0.29) is 12.5 Å². The Balaban J connectivity index is 1.57. The highest BCUT2D eigenvalue weighted by Gasteiger charge is 2.09. The average molecular weight is 379 g/mol. The molecular formula is C23H25NO4. The number of hydrogen-bond donors (Lipinski definition) is 1. The van der Waals surface area contributed by atoms with Crippen LogP contribution in [0.3, 0.4) is 0 Å². The van der Waals surface area contributed by atoms with Crippen LogP contribution in [0.5, 0.6) is 17.2 Å². The molecule has 0 aliphatic heterocycles. The summed E-state index contributed by atoms with van der Waals surface area (Å²) in [6.07, 6.45) is 0. The summed E-state index contributed by atoms with van der Waals surface area (Å²) in [5.41, 5.74) is 0.936. The first-order valence-corrected chi connectivity index (χ1v) is 9.47. The highest BCUT2D eigenvalue weighted by molar-refractivity contribution is 5.88. The highest BCUT2D eigenvalue weighted by atomic mass is 16.5. The van der Waals surface area contributed by atoms with Crippen molar-refractivity contribution in [1.82, 2.24) is 5.32 Å². The van der Waals surface area contributed by atoms with Crippen molar-refractivity contribution in [3.63, 3.8) is 0 Å². The molecule has 0 heterocycles. The fourth-order valence-corrected chi connectivity index (χ4v) is 2.92. The number of hydrogen-bond acceptors (Lipinski definition) is 4. The van der Waals surface area contributed by atoms with E-state index in [1.54, 1.807) is 0 Å². The second kappa shape index (κ2) is 9.65. The molecule has 0 atom stereocenters. The third kappa shape index (κ3) is 4.94. The van der Waals surface area contributed by atoms with Crippen LogP contribution in [0.15, 0.2) is 60.7 Å². The molecule has 3 aromatic carbocycles. The molecule has 0 saturated carbocycles. The van der Waals surface area contributed by atoms with Gasteiger partial charge in [0.2, 0.25) is 0 Å². The number of nitrogens with one attached hydrogen (secondary N) is 1. The van der Waals surface area contributed by atoms with Gasteiger partial charge in [0.05, 0.1) is 13.2 Å². The molecule has 0 aromatic heterocycles. The lowest BCUT2D eigenvalue weighted by Gasteiger charge is -2.13. The van der Waals surface area contributed by atoms with Crippen molar-refractivity contribution in [2.45, 2.75) is 20.4 Å². The molecule has 1 amide bonds. The molecule has 28 heavy (non-hydrogen) atoms. The lowest BCUT2D eigenvalue weighted by molar-refractivity contribution is -0.123. The third-order valence-electron chi connectivity index (χ3n) is 4.21. The van der Waals surface area contributed by atoms with Gasteiger partial charge in [-0.3, -0.25) is 4.79 Å². The zero-order valence-corrected chi connectivity index (χ0v) is 16.2. The van der Waals surface area contributed by atoms with Gasteiger partial charge in [0.1, 0.15) is 5.75 Å². The Bertz CT molecular complexity index is 934. The Hall–Kier alpha value is -3.21. The van der Waals surface area contributed by atoms with Gasteiger partial charge in [-0.2, -0.15) is 0 Å². The molecule has 0 aliphatic rings. The fourth-order valence-electron chi connectivity index (χ4n) is 2.92. The van der Waals surface area contributed by atoms with Crippen LogP contribution in [0, 0.1) is 0 Å². The molecule has 3 rings (SSSR count). The van der Waals surface area contributed by atoms with Gasteiger partial charge in [-0.25, -0.2) is 0 Å². The van der Waals surface area contributed by atoms with Gasteiger partial charge in [-0.15, -0.1) is 0 Å². The van der Waals surface area contributed by atoms with Crippen LogP contribution in [-0.4, -0.2) is 25.7 Å². The summed E-state index contributed by atoms with van der Waals surface area (Å²) in [5.74, 6) is 1.91. The van der Waals surface area contributed by atoms with Gasteiger partial charge in [0.15, 0.2) is 18.1 Å². The Morgan fingerprint density at radius 1 is 0.821 bits per heavy atom. The molecule has 0 bridgehead atoms. The number of carbonyl (C=O) groups excluding carboxylic acids is 1. The van der Waals surface area contributed by atoms with E-state index in [2.05, 4.69) is 5.32 Å². The van der Waals surface area contributed by atoms with Crippen molar-refractivity contribution >= 4 is 16.7 Å². The predicted octanol–water partition coefficient (Wildman–Crippen LogP) is 4.33. The monoisotopic (exact) mass is 379 g/mol. The first-order chi connectivity index (χ1) is 13.7. The minimum Gasteiger partial charge on any atom is -0.490 e. The van der Waals surface area contributed by atoms with E-state index in [1.807, 2.05) is 74.5 Å². The SMILES string of the molecule is CCOc1ccc(CNC(=O)COc2cccc3ccccc23)cc1OCC. The standard InChI is InChI=1S/C23H25NO4/c1-3-26-21-13-12-17(14-22(21)27-4-2)15-24-23(25)16-28-20-11-7-9-18-8-5-6-10-19(18)20/h5-14H,3-4,15-16H2,1-2H3,(H,24,25). The van der Waals surface area contributed by atoms with E-state index in [1.165, 1.54) is 0 Å². The predicted molar refractivity (Wildman–Crippen MR) is 110 cm³/mol. The fraction of sp³-hybridized carbons (Fsp3) is 0.261. The normalized spacial score (nSPS) is 10.5. The molecule has 0 radical (unpaired) electrons. The molecule has 0 aliphatic carbocycles. The van der Waals surface area contributed by atoms with Crippen molar-refractivity contribution in [2.75, 3.05) is 19.8 Å². The molecule has 1 N–H and O–H groups in total. The van der Waals surface area contributed by atoms with Gasteiger partial charge >= 0.3 is 0 Å². The summed E-state index contributed by atoms with van der Waals surface area (Å²) in [5, 5.41) is 4.95. The van der Waals surface area contributed by atoms with E-state index in [0.29, 0.717) is 37.0 Å². The number of amides is 1. The molecule has 0 spiro atoms. The molecule has 0 fully saturated rings. The quantitative estimate of drug-likeness (QED) is 0.601. The van der Waals surface area contributed by atoms with Crippen molar-refractivity contribution in [3.8, 4) is 17.2 Å². The van der Waals surface area contributed by atoms with Crippen molar-refractivity contribution < 1.29 is 19.0 Å². The molecule has 146 valence electrons. The summed E-state index contributed by atoms with van der Waals surface area (Å²) >= 11 is 0. The maximum Gasteiger partial charge on any atom is 0.258 e. The van der Waals surface area contributed by atoms with Gasteiger partial charge < -0.3 is 19.5 Å². The van der Waals surface area contributed by atoms with Crippen molar-refractivity contribution in [2.24, 2.45) is 0 Å². The lowest BCUT2D eigenvalue weighted by atomic mass is 10.1. The van der Waals surface area contributed by atoms with Crippen LogP contribution >= 0.6 is 0 Å². The summed E-state index contributed by atoms with van der Waals surface area (Å²) in [6, 6.07) is 19.4. The number of ether oxygens (including phenoxy) is 3. The first-order valence-electron chi connectivity index (χ1n) is 9.47. The average Bonchev–Trinajstić information content (AvgIpc) is 2.72. The van der Waals surface area contributed by atoms with Crippen molar-refractivity contribution in [3.05, 3.63) is 66.2 Å². The van der Waals surface area contributed by atoms with Crippen LogP contribution in [0.4, 0.5) is 0 Å². The summed E-state index contributed by atoms with van der Waals surface area (Å²) in [7, 11) is 0. The Labute approximate surface area is 165 Å². The topological polar surface area (TPSA) is 56.8 Å². The summed E-state index contributed by atoms with van der Waals surface area (Å²) in [4.78, 5) is 12.2. The smallest absolute Gasteiger partial charge is 0.258 e. The number of benzene rings is 3. The van der Waals surface area contributed by atoms with E-state index in [0.717, 1.165) is 16.3 Å². The van der Waals surface area contributed by atoms with E-state index in [4.69, 9.17) is 14.2 Å². The van der Waals surface area contributed by atoms with Crippen LogP contribution in [-0.2, 0) is 11.3 Å². The summed E-state index contributed by atoms with van der Waals surface area (Å²) < 4.78 is 16.9. The lowest BCUT2D eigenvalue weighted by Crippen LogP contribution is -2.28. The Morgan fingerprint density at radius 3 is 2.39 bits per heavy atom. The van der Waals surface area contributed by atoms with Gasteiger partial charge in [0.25, 0.3) is 5.91 Å². The minimum atomic E-state index is -0.181. The molecule has 5 heteroatoms. The Kier molecular flexibility index (Phi) is 6.73. The Morgan fingerprint density at radius 2 is 1.57 bits per heavy atom. The van der Waals surface area contributed by atoms with Gasteiger partial charge in [0, 0.05) is 11.9 Å². The second-order valence-corrected chi connectivity index (χ2v) is 6.19. The number of carbonyl (C=O) groups is 1. The molecule has 0 unspecified atom stereocenters. The van der Waals surface area contributed by atoms with Gasteiger partial charge in [-0.1, -0.05) is 42.5 Å². The third-order valence-corrected chi connectivity index (χ3v) is 4.21. The first kappa shape index (κ1) is 19.5. The molecule has 5 nitrogen and oxygen atoms in total. The zero-order valence-electron chi connectivity index (χ0n) is 16.2. The maximum atomic E-state index is 12.2. The van der Waals surface area contributed by atoms with E-state index >= 15 is 0 Å².